The fourth-order valence-corrected chi connectivity index (χ4v) is 1.80. The number of carbonyl (C=O) groups excluding carboxylic acids is 2. The molecular weight excluding hydrogens is 280 g/mol. The number of carbonyl (C=O) groups is 2. The molecule has 5 nitrogen and oxygen atoms in total. The molecule has 1 aromatic carbocycles. The van der Waals surface area contributed by atoms with Crippen LogP contribution in [-0.4, -0.2) is 44.0 Å². The van der Waals surface area contributed by atoms with E-state index in [1.165, 1.54) is 16.7 Å². The van der Waals surface area contributed by atoms with Crippen molar-refractivity contribution in [1.82, 2.24) is 4.90 Å². The summed E-state index contributed by atoms with van der Waals surface area (Å²) in [6.45, 7) is 6.47. The molecule has 2 amide bonds. The Kier molecular flexibility index (Phi) is 6.89. The first-order chi connectivity index (χ1) is 10.3. The van der Waals surface area contributed by atoms with Crippen molar-refractivity contribution >= 4 is 17.5 Å². The van der Waals surface area contributed by atoms with Crippen LogP contribution in [0.3, 0.4) is 0 Å². The molecule has 1 rings (SSSR count). The number of hydrogen-bond acceptors (Lipinski definition) is 3. The summed E-state index contributed by atoms with van der Waals surface area (Å²) in [6.07, 6.45) is 0.999. The van der Waals surface area contributed by atoms with Gasteiger partial charge in [0.05, 0.1) is 6.61 Å². The molecule has 0 atom stereocenters. The lowest BCUT2D eigenvalue weighted by Gasteiger charge is -2.22. The Hall–Kier alpha value is -2.04. The molecule has 0 aliphatic rings. The maximum absolute atomic E-state index is 11.8. The topological polar surface area (TPSA) is 49.9 Å². The molecule has 22 heavy (non-hydrogen) atoms. The van der Waals surface area contributed by atoms with Crippen LogP contribution in [0.2, 0.25) is 0 Å². The Morgan fingerprint density at radius 1 is 1.14 bits per heavy atom. The average molecular weight is 306 g/mol. The lowest BCUT2D eigenvalue weighted by Crippen LogP contribution is -2.39. The number of benzene rings is 1. The van der Waals surface area contributed by atoms with Crippen molar-refractivity contribution < 1.29 is 14.3 Å². The monoisotopic (exact) mass is 306 g/mol. The van der Waals surface area contributed by atoms with Crippen molar-refractivity contribution in [3.63, 3.8) is 0 Å². The molecule has 0 unspecified atom stereocenters. The SMILES string of the molecule is CC(=O)N(CC(=O)N(C)C)c1ccc(OCCC(C)C)cc1. The second-order valence-electron chi connectivity index (χ2n) is 5.92. The molecule has 0 N–H and O–H groups in total. The summed E-state index contributed by atoms with van der Waals surface area (Å²) in [5, 5.41) is 0. The van der Waals surface area contributed by atoms with E-state index in [9.17, 15) is 9.59 Å². The highest BCUT2D eigenvalue weighted by atomic mass is 16.5. The molecular formula is C17H26N2O3. The summed E-state index contributed by atoms with van der Waals surface area (Å²) in [6, 6.07) is 7.25. The van der Waals surface area contributed by atoms with Gasteiger partial charge in [-0.05, 0) is 36.6 Å². The van der Waals surface area contributed by atoms with E-state index >= 15 is 0 Å². The number of amides is 2. The third-order valence-electron chi connectivity index (χ3n) is 3.28. The summed E-state index contributed by atoms with van der Waals surface area (Å²) in [5.41, 5.74) is 0.693. The highest BCUT2D eigenvalue weighted by Crippen LogP contribution is 2.20. The summed E-state index contributed by atoms with van der Waals surface area (Å²) >= 11 is 0. The Morgan fingerprint density at radius 2 is 1.73 bits per heavy atom. The normalized spacial score (nSPS) is 10.5. The van der Waals surface area contributed by atoms with Crippen LogP contribution in [0, 0.1) is 5.92 Å². The van der Waals surface area contributed by atoms with E-state index in [4.69, 9.17) is 4.74 Å². The number of nitrogens with zero attached hydrogens (tertiary/aromatic N) is 2. The summed E-state index contributed by atoms with van der Waals surface area (Å²) in [5.74, 6) is 1.09. The van der Waals surface area contributed by atoms with Crippen LogP contribution in [-0.2, 0) is 9.59 Å². The van der Waals surface area contributed by atoms with Gasteiger partial charge in [-0.3, -0.25) is 9.59 Å². The standard InChI is InChI=1S/C17H26N2O3/c1-13(2)10-11-22-16-8-6-15(7-9-16)19(14(3)20)12-17(21)18(4)5/h6-9,13H,10-12H2,1-5H3. The number of hydrogen-bond donors (Lipinski definition) is 0. The van der Waals surface area contributed by atoms with Crippen LogP contribution < -0.4 is 9.64 Å². The average Bonchev–Trinajstić information content (AvgIpc) is 2.44. The molecule has 0 aliphatic heterocycles. The van der Waals surface area contributed by atoms with Crippen LogP contribution in [0.4, 0.5) is 5.69 Å². The Labute approximate surface area is 132 Å². The Bertz CT molecular complexity index is 495. The fourth-order valence-electron chi connectivity index (χ4n) is 1.80. The van der Waals surface area contributed by atoms with Crippen LogP contribution in [0.25, 0.3) is 0 Å². The maximum atomic E-state index is 11.8. The zero-order valence-corrected chi connectivity index (χ0v) is 14.1. The molecule has 0 bridgehead atoms. The van der Waals surface area contributed by atoms with Gasteiger partial charge in [0.15, 0.2) is 0 Å². The van der Waals surface area contributed by atoms with Gasteiger partial charge in [-0.15, -0.1) is 0 Å². The highest BCUT2D eigenvalue weighted by Gasteiger charge is 2.16. The first-order valence-electron chi connectivity index (χ1n) is 7.52. The molecule has 0 fully saturated rings. The molecule has 5 heteroatoms. The summed E-state index contributed by atoms with van der Waals surface area (Å²) in [7, 11) is 3.35. The second kappa shape index (κ2) is 8.41. The maximum Gasteiger partial charge on any atom is 0.242 e. The van der Waals surface area contributed by atoms with Crippen molar-refractivity contribution in [2.24, 2.45) is 5.92 Å². The number of ether oxygens (including phenoxy) is 1. The number of rotatable bonds is 7. The predicted octanol–water partition coefficient (Wildman–Crippen LogP) is 2.55. The zero-order valence-electron chi connectivity index (χ0n) is 14.1. The van der Waals surface area contributed by atoms with Gasteiger partial charge in [0.2, 0.25) is 11.8 Å². The first kappa shape index (κ1) is 18.0. The van der Waals surface area contributed by atoms with E-state index in [0.717, 1.165) is 12.2 Å². The minimum absolute atomic E-state index is 0.0376. The molecule has 0 saturated carbocycles. The van der Waals surface area contributed by atoms with Gasteiger partial charge >= 0.3 is 0 Å². The van der Waals surface area contributed by atoms with Crippen LogP contribution >= 0.6 is 0 Å². The van der Waals surface area contributed by atoms with Crippen LogP contribution in [0.1, 0.15) is 27.2 Å². The van der Waals surface area contributed by atoms with Gasteiger partial charge in [-0.25, -0.2) is 0 Å². The van der Waals surface area contributed by atoms with Crippen molar-refractivity contribution in [1.29, 1.82) is 0 Å². The number of likely N-dealkylation sites (N-methyl/N-ethyl adjacent to an activating group) is 1. The van der Waals surface area contributed by atoms with Gasteiger partial charge in [-0.2, -0.15) is 0 Å². The number of anilines is 1. The van der Waals surface area contributed by atoms with E-state index < -0.39 is 0 Å². The smallest absolute Gasteiger partial charge is 0.242 e. The van der Waals surface area contributed by atoms with Crippen molar-refractivity contribution in [2.75, 3.05) is 32.1 Å². The summed E-state index contributed by atoms with van der Waals surface area (Å²) in [4.78, 5) is 26.5. The molecule has 0 aromatic heterocycles. The molecule has 0 spiro atoms. The highest BCUT2D eigenvalue weighted by molar-refractivity contribution is 5.97. The first-order valence-corrected chi connectivity index (χ1v) is 7.52. The van der Waals surface area contributed by atoms with Gasteiger partial charge in [0, 0.05) is 26.7 Å². The lowest BCUT2D eigenvalue weighted by molar-refractivity contribution is -0.129. The van der Waals surface area contributed by atoms with Gasteiger partial charge < -0.3 is 14.5 Å². The van der Waals surface area contributed by atoms with Crippen molar-refractivity contribution in [2.45, 2.75) is 27.2 Å². The van der Waals surface area contributed by atoms with Gasteiger partial charge in [0.1, 0.15) is 12.3 Å². The molecule has 1 aromatic rings. The molecule has 122 valence electrons. The van der Waals surface area contributed by atoms with Crippen molar-refractivity contribution in [3.8, 4) is 5.75 Å². The van der Waals surface area contributed by atoms with E-state index in [1.54, 1.807) is 26.2 Å². The van der Waals surface area contributed by atoms with Gasteiger partial charge in [-0.1, -0.05) is 13.8 Å². The largest absolute Gasteiger partial charge is 0.494 e. The molecule has 0 saturated heterocycles. The molecule has 0 aliphatic carbocycles. The van der Waals surface area contributed by atoms with E-state index in [-0.39, 0.29) is 18.4 Å². The van der Waals surface area contributed by atoms with E-state index in [1.807, 2.05) is 12.1 Å². The zero-order chi connectivity index (χ0) is 16.7. The van der Waals surface area contributed by atoms with E-state index in [0.29, 0.717) is 18.2 Å². The van der Waals surface area contributed by atoms with Crippen LogP contribution in [0.5, 0.6) is 5.75 Å². The molecule has 0 radical (unpaired) electrons. The lowest BCUT2D eigenvalue weighted by atomic mass is 10.1. The third-order valence-corrected chi connectivity index (χ3v) is 3.28. The quantitative estimate of drug-likeness (QED) is 0.778. The fraction of sp³-hybridized carbons (Fsp3) is 0.529. The minimum Gasteiger partial charge on any atom is -0.494 e. The summed E-state index contributed by atoms with van der Waals surface area (Å²) < 4.78 is 5.65. The minimum atomic E-state index is -0.163. The Balaban J connectivity index is 2.72. The Morgan fingerprint density at radius 3 is 2.18 bits per heavy atom. The van der Waals surface area contributed by atoms with Gasteiger partial charge in [0.25, 0.3) is 0 Å². The van der Waals surface area contributed by atoms with Crippen molar-refractivity contribution in [3.05, 3.63) is 24.3 Å². The molecule has 0 heterocycles. The van der Waals surface area contributed by atoms with E-state index in [2.05, 4.69) is 13.8 Å². The predicted molar refractivity (Wildman–Crippen MR) is 88.1 cm³/mol. The van der Waals surface area contributed by atoms with Crippen LogP contribution in [0.15, 0.2) is 24.3 Å². The second-order valence-corrected chi connectivity index (χ2v) is 5.92. The third kappa shape index (κ3) is 5.76.